The largest absolute Gasteiger partial charge is 0.481 e. The molecule has 3 heteroatoms. The number of rotatable bonds is 6. The van der Waals surface area contributed by atoms with Crippen molar-refractivity contribution >= 4 is 21.9 Å². The normalized spacial score (nSPS) is 13.9. The Labute approximate surface area is 106 Å². The second kappa shape index (κ2) is 7.44. The number of alkyl halides is 1. The number of carbonyl (C=O) groups is 1. The maximum Gasteiger partial charge on any atom is 0.303 e. The highest BCUT2D eigenvalue weighted by Gasteiger charge is 2.07. The predicted molar refractivity (Wildman–Crippen MR) is 71.9 cm³/mol. The number of carboxylic acids is 1. The quantitative estimate of drug-likeness (QED) is 0.590. The maximum absolute atomic E-state index is 10.3. The van der Waals surface area contributed by atoms with Crippen molar-refractivity contribution in [3.05, 3.63) is 36.0 Å². The smallest absolute Gasteiger partial charge is 0.303 e. The first-order valence-corrected chi connectivity index (χ1v) is 6.07. The van der Waals surface area contributed by atoms with Crippen LogP contribution in [0, 0.1) is 0 Å². The van der Waals surface area contributed by atoms with Crippen molar-refractivity contribution in [2.45, 2.75) is 37.9 Å². The van der Waals surface area contributed by atoms with Crippen LogP contribution in [-0.2, 0) is 4.79 Å². The van der Waals surface area contributed by atoms with Crippen LogP contribution >= 0.6 is 15.9 Å². The Morgan fingerprint density at radius 1 is 1.38 bits per heavy atom. The lowest BCUT2D eigenvalue weighted by Crippen LogP contribution is -2.04. The summed E-state index contributed by atoms with van der Waals surface area (Å²) in [6.07, 6.45) is 10.6. The second-order valence-corrected chi connectivity index (χ2v) is 6.09. The summed E-state index contributed by atoms with van der Waals surface area (Å²) in [5.74, 6) is -0.762. The first kappa shape index (κ1) is 15.2. The van der Waals surface area contributed by atoms with Gasteiger partial charge in [-0.25, -0.2) is 0 Å². The highest BCUT2D eigenvalue weighted by Crippen LogP contribution is 2.20. The molecular formula is C13H19BrO2. The Bertz CT molecular complexity index is 306. The van der Waals surface area contributed by atoms with E-state index in [0.717, 1.165) is 5.57 Å². The molecule has 2 nitrogen and oxygen atoms in total. The zero-order valence-corrected chi connectivity index (χ0v) is 11.6. The molecule has 0 spiro atoms. The second-order valence-electron chi connectivity index (χ2n) is 4.04. The lowest BCUT2D eigenvalue weighted by molar-refractivity contribution is -0.136. The van der Waals surface area contributed by atoms with Gasteiger partial charge in [0.2, 0.25) is 0 Å². The molecule has 16 heavy (non-hydrogen) atoms. The number of aliphatic carboxylic acids is 1. The molecule has 0 amide bonds. The van der Waals surface area contributed by atoms with Gasteiger partial charge in [0, 0.05) is 10.7 Å². The molecule has 90 valence electrons. The van der Waals surface area contributed by atoms with E-state index in [9.17, 15) is 4.79 Å². The van der Waals surface area contributed by atoms with E-state index in [1.54, 1.807) is 0 Å². The summed E-state index contributed by atoms with van der Waals surface area (Å²) in [7, 11) is 0. The molecule has 0 aliphatic rings. The van der Waals surface area contributed by atoms with E-state index in [4.69, 9.17) is 5.11 Å². The molecule has 0 aliphatic carbocycles. The standard InChI is InChI=1S/C13H19BrO2/c1-4-7-11(10-13(2,3)14)8-5-6-9-12(15)16/h4-5,7-8,10H,6,9H2,1-3H3,(H,15,16). The van der Waals surface area contributed by atoms with E-state index in [2.05, 4.69) is 35.9 Å². The van der Waals surface area contributed by atoms with Crippen LogP contribution in [0.1, 0.15) is 33.6 Å². The average Bonchev–Trinajstić information content (AvgIpc) is 2.09. The Morgan fingerprint density at radius 2 is 2.00 bits per heavy atom. The van der Waals surface area contributed by atoms with E-state index in [-0.39, 0.29) is 10.7 Å². The summed E-state index contributed by atoms with van der Waals surface area (Å²) >= 11 is 3.54. The van der Waals surface area contributed by atoms with Crippen molar-refractivity contribution < 1.29 is 9.90 Å². The molecule has 0 unspecified atom stereocenters. The molecule has 0 rings (SSSR count). The molecule has 0 saturated carbocycles. The molecule has 0 saturated heterocycles. The van der Waals surface area contributed by atoms with Crippen LogP contribution in [0.2, 0.25) is 0 Å². The van der Waals surface area contributed by atoms with Crippen LogP contribution in [0.3, 0.4) is 0 Å². The van der Waals surface area contributed by atoms with Crippen molar-refractivity contribution in [2.24, 2.45) is 0 Å². The van der Waals surface area contributed by atoms with E-state index >= 15 is 0 Å². The van der Waals surface area contributed by atoms with Crippen LogP contribution in [0.25, 0.3) is 0 Å². The lowest BCUT2D eigenvalue weighted by atomic mass is 10.1. The summed E-state index contributed by atoms with van der Waals surface area (Å²) in [6, 6.07) is 0. The monoisotopic (exact) mass is 286 g/mol. The number of carboxylic acid groups (broad SMARTS) is 1. The van der Waals surface area contributed by atoms with Crippen LogP contribution < -0.4 is 0 Å². The molecule has 1 N–H and O–H groups in total. The summed E-state index contributed by atoms with van der Waals surface area (Å²) in [5.41, 5.74) is 1.08. The maximum atomic E-state index is 10.3. The molecule has 0 heterocycles. The summed E-state index contributed by atoms with van der Waals surface area (Å²) < 4.78 is -0.0566. The van der Waals surface area contributed by atoms with Gasteiger partial charge in [0.1, 0.15) is 0 Å². The highest BCUT2D eigenvalue weighted by molar-refractivity contribution is 9.10. The van der Waals surface area contributed by atoms with Crippen LogP contribution in [0.5, 0.6) is 0 Å². The Hall–Kier alpha value is -0.830. The van der Waals surface area contributed by atoms with Crippen molar-refractivity contribution in [3.8, 4) is 0 Å². The van der Waals surface area contributed by atoms with E-state index < -0.39 is 5.97 Å². The van der Waals surface area contributed by atoms with Crippen molar-refractivity contribution in [3.63, 3.8) is 0 Å². The first-order valence-electron chi connectivity index (χ1n) is 5.28. The average molecular weight is 287 g/mol. The van der Waals surface area contributed by atoms with Gasteiger partial charge < -0.3 is 5.11 Å². The number of halogens is 1. The number of hydrogen-bond acceptors (Lipinski definition) is 1. The SMILES string of the molecule is CC=CC(C=CCCC(=O)O)=CC(C)(C)Br. The fourth-order valence-electron chi connectivity index (χ4n) is 1.17. The zero-order chi connectivity index (χ0) is 12.6. The van der Waals surface area contributed by atoms with Crippen LogP contribution in [-0.4, -0.2) is 15.4 Å². The van der Waals surface area contributed by atoms with Crippen LogP contribution in [0.4, 0.5) is 0 Å². The first-order chi connectivity index (χ1) is 7.35. The van der Waals surface area contributed by atoms with Crippen molar-refractivity contribution in [1.29, 1.82) is 0 Å². The van der Waals surface area contributed by atoms with Gasteiger partial charge >= 0.3 is 5.97 Å². The molecule has 0 aromatic heterocycles. The summed E-state index contributed by atoms with van der Waals surface area (Å²) in [5, 5.41) is 8.50. The van der Waals surface area contributed by atoms with Crippen molar-refractivity contribution in [1.82, 2.24) is 0 Å². The van der Waals surface area contributed by atoms with E-state index in [1.165, 1.54) is 0 Å². The third-order valence-electron chi connectivity index (χ3n) is 1.70. The van der Waals surface area contributed by atoms with Crippen LogP contribution in [0.15, 0.2) is 36.0 Å². The molecule has 0 fully saturated rings. The Kier molecular flexibility index (Phi) is 7.06. The van der Waals surface area contributed by atoms with Gasteiger partial charge in [0.15, 0.2) is 0 Å². The number of allylic oxidation sites excluding steroid dienone is 6. The summed E-state index contributed by atoms with van der Waals surface area (Å²) in [4.78, 5) is 10.3. The van der Waals surface area contributed by atoms with Gasteiger partial charge in [-0.15, -0.1) is 0 Å². The summed E-state index contributed by atoms with van der Waals surface area (Å²) in [6.45, 7) is 6.07. The van der Waals surface area contributed by atoms with Gasteiger partial charge in [-0.2, -0.15) is 0 Å². The van der Waals surface area contributed by atoms with E-state index in [0.29, 0.717) is 6.42 Å². The molecule has 0 aromatic carbocycles. The third kappa shape index (κ3) is 9.71. The topological polar surface area (TPSA) is 37.3 Å². The van der Waals surface area contributed by atoms with Crippen molar-refractivity contribution in [2.75, 3.05) is 0 Å². The Morgan fingerprint density at radius 3 is 2.44 bits per heavy atom. The highest BCUT2D eigenvalue weighted by atomic mass is 79.9. The lowest BCUT2D eigenvalue weighted by Gasteiger charge is -2.10. The molecule has 0 bridgehead atoms. The minimum absolute atomic E-state index is 0.0566. The molecule has 0 atom stereocenters. The van der Waals surface area contributed by atoms with Gasteiger partial charge in [-0.1, -0.05) is 46.3 Å². The van der Waals surface area contributed by atoms with Gasteiger partial charge in [-0.05, 0) is 32.8 Å². The molecule has 0 aliphatic heterocycles. The molecular weight excluding hydrogens is 268 g/mol. The van der Waals surface area contributed by atoms with E-state index in [1.807, 2.05) is 31.2 Å². The number of hydrogen-bond donors (Lipinski definition) is 1. The third-order valence-corrected chi connectivity index (χ3v) is 1.93. The minimum Gasteiger partial charge on any atom is -0.481 e. The van der Waals surface area contributed by atoms with Gasteiger partial charge in [0.05, 0.1) is 0 Å². The fourth-order valence-corrected chi connectivity index (χ4v) is 1.43. The van der Waals surface area contributed by atoms with Gasteiger partial charge in [0.25, 0.3) is 0 Å². The fraction of sp³-hybridized carbons (Fsp3) is 0.462. The Balaban J connectivity index is 4.46. The predicted octanol–water partition coefficient (Wildman–Crippen LogP) is 4.08. The molecule has 0 radical (unpaired) electrons. The van der Waals surface area contributed by atoms with Gasteiger partial charge in [-0.3, -0.25) is 4.79 Å². The minimum atomic E-state index is -0.762. The molecule has 0 aromatic rings. The zero-order valence-electron chi connectivity index (χ0n) is 10.0.